The average molecular weight is 204 g/mol. The van der Waals surface area contributed by atoms with E-state index in [0.717, 1.165) is 23.4 Å². The molecule has 0 aliphatic carbocycles. The SMILES string of the molecule is C#CCCc1cc2ccc(Cl)cc2[nH]1. The first kappa shape index (κ1) is 9.18. The molecule has 2 heteroatoms. The highest BCUT2D eigenvalue weighted by atomic mass is 35.5. The summed E-state index contributed by atoms with van der Waals surface area (Å²) < 4.78 is 0. The molecule has 1 heterocycles. The van der Waals surface area contributed by atoms with Gasteiger partial charge in [-0.05, 0) is 30.0 Å². The number of rotatable bonds is 2. The number of hydrogen-bond donors (Lipinski definition) is 1. The molecule has 0 spiro atoms. The molecule has 2 rings (SSSR count). The Morgan fingerprint density at radius 3 is 3.00 bits per heavy atom. The van der Waals surface area contributed by atoms with E-state index >= 15 is 0 Å². The molecule has 0 fully saturated rings. The maximum atomic E-state index is 5.88. The zero-order chi connectivity index (χ0) is 9.97. The predicted molar refractivity (Wildman–Crippen MR) is 60.5 cm³/mol. The summed E-state index contributed by atoms with van der Waals surface area (Å²) >= 11 is 5.88. The first-order chi connectivity index (χ1) is 6.79. The van der Waals surface area contributed by atoms with Gasteiger partial charge in [-0.1, -0.05) is 17.7 Å². The number of hydrogen-bond acceptors (Lipinski definition) is 0. The van der Waals surface area contributed by atoms with E-state index in [2.05, 4.69) is 17.0 Å². The summed E-state index contributed by atoms with van der Waals surface area (Å²) in [6, 6.07) is 7.94. The van der Waals surface area contributed by atoms with E-state index < -0.39 is 0 Å². The van der Waals surface area contributed by atoms with Crippen LogP contribution in [0.1, 0.15) is 12.1 Å². The third-order valence-electron chi connectivity index (χ3n) is 2.18. The maximum absolute atomic E-state index is 5.88. The molecule has 1 nitrogen and oxygen atoms in total. The molecule has 0 radical (unpaired) electrons. The van der Waals surface area contributed by atoms with Crippen LogP contribution >= 0.6 is 11.6 Å². The molecule has 0 bridgehead atoms. The lowest BCUT2D eigenvalue weighted by atomic mass is 10.2. The van der Waals surface area contributed by atoms with Crippen molar-refractivity contribution in [3.63, 3.8) is 0 Å². The quantitative estimate of drug-likeness (QED) is 0.721. The molecule has 0 amide bonds. The predicted octanol–water partition coefficient (Wildman–Crippen LogP) is 3.39. The van der Waals surface area contributed by atoms with Gasteiger partial charge in [0.05, 0.1) is 0 Å². The van der Waals surface area contributed by atoms with Crippen molar-refractivity contribution >= 4 is 22.5 Å². The van der Waals surface area contributed by atoms with Gasteiger partial charge in [-0.2, -0.15) is 0 Å². The van der Waals surface area contributed by atoms with Crippen LogP contribution in [0.15, 0.2) is 24.3 Å². The molecule has 1 aromatic heterocycles. The molecule has 70 valence electrons. The Labute approximate surface area is 88.1 Å². The molecule has 0 aliphatic rings. The Morgan fingerprint density at radius 1 is 1.36 bits per heavy atom. The Morgan fingerprint density at radius 2 is 2.21 bits per heavy atom. The minimum atomic E-state index is 0.753. The highest BCUT2D eigenvalue weighted by molar-refractivity contribution is 6.31. The first-order valence-corrected chi connectivity index (χ1v) is 4.88. The van der Waals surface area contributed by atoms with Gasteiger partial charge in [0.15, 0.2) is 0 Å². The number of benzene rings is 1. The molecule has 14 heavy (non-hydrogen) atoms. The van der Waals surface area contributed by atoms with Crippen LogP contribution < -0.4 is 0 Å². The number of aryl methyl sites for hydroxylation is 1. The normalized spacial score (nSPS) is 10.3. The second-order valence-corrected chi connectivity index (χ2v) is 3.67. The summed E-state index contributed by atoms with van der Waals surface area (Å²) in [4.78, 5) is 3.29. The zero-order valence-electron chi connectivity index (χ0n) is 7.68. The zero-order valence-corrected chi connectivity index (χ0v) is 8.43. The van der Waals surface area contributed by atoms with E-state index in [4.69, 9.17) is 18.0 Å². The monoisotopic (exact) mass is 203 g/mol. The Balaban J connectivity index is 2.37. The number of nitrogens with one attached hydrogen (secondary N) is 1. The molecule has 1 aromatic carbocycles. The van der Waals surface area contributed by atoms with Crippen molar-refractivity contribution in [1.82, 2.24) is 4.98 Å². The lowest BCUT2D eigenvalue weighted by Crippen LogP contribution is -1.81. The number of terminal acetylenes is 1. The van der Waals surface area contributed by atoms with Crippen LogP contribution in [-0.2, 0) is 6.42 Å². The molecule has 1 N–H and O–H groups in total. The number of halogens is 1. The van der Waals surface area contributed by atoms with Gasteiger partial charge >= 0.3 is 0 Å². The van der Waals surface area contributed by atoms with Crippen molar-refractivity contribution in [2.45, 2.75) is 12.8 Å². The number of aromatic nitrogens is 1. The minimum Gasteiger partial charge on any atom is -0.358 e. The second-order valence-electron chi connectivity index (χ2n) is 3.23. The molecular weight excluding hydrogens is 194 g/mol. The fraction of sp³-hybridized carbons (Fsp3) is 0.167. The van der Waals surface area contributed by atoms with E-state index in [0.29, 0.717) is 0 Å². The third kappa shape index (κ3) is 1.76. The van der Waals surface area contributed by atoms with Gasteiger partial charge in [0.2, 0.25) is 0 Å². The van der Waals surface area contributed by atoms with Crippen molar-refractivity contribution in [3.8, 4) is 12.3 Å². The summed E-state index contributed by atoms with van der Waals surface area (Å²) in [5, 5.41) is 1.93. The van der Waals surface area contributed by atoms with Crippen LogP contribution in [0.2, 0.25) is 5.02 Å². The standard InChI is InChI=1S/C12H10ClN/c1-2-3-4-11-7-9-5-6-10(13)8-12(9)14-11/h1,5-8,14H,3-4H2. The molecule has 2 aromatic rings. The second kappa shape index (κ2) is 3.77. The van der Waals surface area contributed by atoms with Crippen LogP contribution in [0.5, 0.6) is 0 Å². The van der Waals surface area contributed by atoms with E-state index in [-0.39, 0.29) is 0 Å². The summed E-state index contributed by atoms with van der Waals surface area (Å²) in [6.07, 6.45) is 6.87. The molecule has 0 saturated heterocycles. The summed E-state index contributed by atoms with van der Waals surface area (Å²) in [7, 11) is 0. The third-order valence-corrected chi connectivity index (χ3v) is 2.41. The van der Waals surface area contributed by atoms with Crippen LogP contribution in [-0.4, -0.2) is 4.98 Å². The summed E-state index contributed by atoms with van der Waals surface area (Å²) in [5.41, 5.74) is 2.24. The van der Waals surface area contributed by atoms with Gasteiger partial charge in [-0.15, -0.1) is 12.3 Å². The smallest absolute Gasteiger partial charge is 0.0471 e. The van der Waals surface area contributed by atoms with E-state index in [9.17, 15) is 0 Å². The van der Waals surface area contributed by atoms with Crippen LogP contribution in [0.4, 0.5) is 0 Å². The van der Waals surface area contributed by atoms with Crippen molar-refractivity contribution in [2.75, 3.05) is 0 Å². The molecule has 0 atom stereocenters. The van der Waals surface area contributed by atoms with Crippen molar-refractivity contribution in [3.05, 3.63) is 35.0 Å². The summed E-state index contributed by atoms with van der Waals surface area (Å²) in [6.45, 7) is 0. The Kier molecular flexibility index (Phi) is 2.47. The average Bonchev–Trinajstić information content (AvgIpc) is 2.56. The Hall–Kier alpha value is -1.39. The van der Waals surface area contributed by atoms with Crippen molar-refractivity contribution in [1.29, 1.82) is 0 Å². The highest BCUT2D eigenvalue weighted by Crippen LogP contribution is 2.20. The highest BCUT2D eigenvalue weighted by Gasteiger charge is 2.00. The van der Waals surface area contributed by atoms with E-state index in [1.54, 1.807) is 0 Å². The van der Waals surface area contributed by atoms with E-state index in [1.165, 1.54) is 11.1 Å². The van der Waals surface area contributed by atoms with E-state index in [1.807, 2.05) is 18.2 Å². The summed E-state index contributed by atoms with van der Waals surface area (Å²) in [5.74, 6) is 2.63. The van der Waals surface area contributed by atoms with Crippen molar-refractivity contribution < 1.29 is 0 Å². The van der Waals surface area contributed by atoms with Crippen molar-refractivity contribution in [2.24, 2.45) is 0 Å². The van der Waals surface area contributed by atoms with Gasteiger partial charge in [0.1, 0.15) is 0 Å². The number of aromatic amines is 1. The lowest BCUT2D eigenvalue weighted by Gasteiger charge is -1.90. The van der Waals surface area contributed by atoms with Gasteiger partial charge < -0.3 is 4.98 Å². The fourth-order valence-corrected chi connectivity index (χ4v) is 1.67. The maximum Gasteiger partial charge on any atom is 0.0471 e. The largest absolute Gasteiger partial charge is 0.358 e. The minimum absolute atomic E-state index is 0.753. The first-order valence-electron chi connectivity index (χ1n) is 4.50. The van der Waals surface area contributed by atoms with Crippen LogP contribution in [0, 0.1) is 12.3 Å². The fourth-order valence-electron chi connectivity index (χ4n) is 1.50. The molecule has 0 unspecified atom stereocenters. The van der Waals surface area contributed by atoms with Gasteiger partial charge in [-0.3, -0.25) is 0 Å². The molecule has 0 aliphatic heterocycles. The van der Waals surface area contributed by atoms with Gasteiger partial charge in [0, 0.05) is 22.7 Å². The Bertz CT molecular complexity index is 490. The topological polar surface area (TPSA) is 15.8 Å². The van der Waals surface area contributed by atoms with Gasteiger partial charge in [-0.25, -0.2) is 0 Å². The molecular formula is C12H10ClN. The number of H-pyrrole nitrogens is 1. The number of fused-ring (bicyclic) bond motifs is 1. The lowest BCUT2D eigenvalue weighted by molar-refractivity contribution is 0.987. The van der Waals surface area contributed by atoms with Gasteiger partial charge in [0.25, 0.3) is 0 Å². The molecule has 0 saturated carbocycles. The van der Waals surface area contributed by atoms with Crippen LogP contribution in [0.3, 0.4) is 0 Å². The van der Waals surface area contributed by atoms with Crippen LogP contribution in [0.25, 0.3) is 10.9 Å².